The van der Waals surface area contributed by atoms with Crippen molar-refractivity contribution in [3.05, 3.63) is 83.4 Å². The molecule has 4 rings (SSSR count). The fourth-order valence-corrected chi connectivity index (χ4v) is 3.84. The molecule has 0 radical (unpaired) electrons. The molecule has 9 nitrogen and oxygen atoms in total. The van der Waals surface area contributed by atoms with Gasteiger partial charge in [-0.1, -0.05) is 38.1 Å². The lowest BCUT2D eigenvalue weighted by atomic mass is 10.1. The number of nitrogens with one attached hydrogen (secondary N) is 1. The second-order valence-corrected chi connectivity index (χ2v) is 8.12. The number of hydrogen-bond acceptors (Lipinski definition) is 6. The number of nitrogens with zero attached hydrogens (tertiary/aromatic N) is 6. The van der Waals surface area contributed by atoms with Crippen LogP contribution in [0.5, 0.6) is 0 Å². The molecule has 3 heterocycles. The van der Waals surface area contributed by atoms with Crippen molar-refractivity contribution in [2.75, 3.05) is 12.3 Å². The molecular formula is C25H26N8O. The average molecular weight is 455 g/mol. The van der Waals surface area contributed by atoms with Gasteiger partial charge in [-0.3, -0.25) is 4.79 Å². The maximum absolute atomic E-state index is 12.9. The molecule has 172 valence electrons. The first-order valence-corrected chi connectivity index (χ1v) is 11.1. The molecule has 4 aromatic rings. The summed E-state index contributed by atoms with van der Waals surface area (Å²) in [5, 5.41) is 21.5. The van der Waals surface area contributed by atoms with Gasteiger partial charge < -0.3 is 11.1 Å². The minimum Gasteiger partial charge on any atom is -0.382 e. The Kier molecular flexibility index (Phi) is 6.69. The van der Waals surface area contributed by atoms with Crippen LogP contribution >= 0.6 is 0 Å². The molecule has 0 bridgehead atoms. The number of para-hydroxylation sites is 1. The zero-order valence-corrected chi connectivity index (χ0v) is 19.1. The largest absolute Gasteiger partial charge is 0.382 e. The molecule has 3 aromatic heterocycles. The summed E-state index contributed by atoms with van der Waals surface area (Å²) in [6.07, 6.45) is 4.39. The van der Waals surface area contributed by atoms with Crippen molar-refractivity contribution in [3.8, 4) is 17.6 Å². The van der Waals surface area contributed by atoms with Gasteiger partial charge in [0.25, 0.3) is 5.91 Å². The van der Waals surface area contributed by atoms with E-state index in [4.69, 9.17) is 5.73 Å². The van der Waals surface area contributed by atoms with E-state index in [1.807, 2.05) is 62.4 Å². The standard InChI is InChI=1S/C25H26N8O/c1-17(2)23-20(16-30-33(23)22-12-6-7-13-28-22)25(34)29-14-8-11-21-19(15-26)24(27)32(31-21)18-9-4-3-5-10-18/h3-7,9-10,12-13,16-17H,8,11,14,27H2,1-2H3,(H,29,34). The third kappa shape index (κ3) is 4.52. The van der Waals surface area contributed by atoms with E-state index >= 15 is 0 Å². The van der Waals surface area contributed by atoms with E-state index in [2.05, 4.69) is 26.6 Å². The fourth-order valence-electron chi connectivity index (χ4n) is 3.84. The van der Waals surface area contributed by atoms with E-state index in [1.165, 1.54) is 0 Å². The molecule has 9 heteroatoms. The summed E-state index contributed by atoms with van der Waals surface area (Å²) in [7, 11) is 0. The third-order valence-corrected chi connectivity index (χ3v) is 5.45. The molecule has 0 aliphatic rings. The Labute approximate surface area is 197 Å². The van der Waals surface area contributed by atoms with Gasteiger partial charge in [-0.15, -0.1) is 0 Å². The van der Waals surface area contributed by atoms with Crippen molar-refractivity contribution in [2.45, 2.75) is 32.6 Å². The summed E-state index contributed by atoms with van der Waals surface area (Å²) >= 11 is 0. The van der Waals surface area contributed by atoms with Gasteiger partial charge in [0.1, 0.15) is 17.5 Å². The van der Waals surface area contributed by atoms with Crippen molar-refractivity contribution < 1.29 is 4.79 Å². The van der Waals surface area contributed by atoms with Crippen LogP contribution in [0.2, 0.25) is 0 Å². The van der Waals surface area contributed by atoms with Crippen molar-refractivity contribution in [1.29, 1.82) is 5.26 Å². The predicted molar refractivity (Wildman–Crippen MR) is 129 cm³/mol. The van der Waals surface area contributed by atoms with Crippen LogP contribution < -0.4 is 11.1 Å². The number of anilines is 1. The van der Waals surface area contributed by atoms with Gasteiger partial charge in [-0.05, 0) is 43.0 Å². The number of nitriles is 1. The molecule has 1 amide bonds. The monoisotopic (exact) mass is 454 g/mol. The van der Waals surface area contributed by atoms with Crippen molar-refractivity contribution in [1.82, 2.24) is 29.9 Å². The summed E-state index contributed by atoms with van der Waals surface area (Å²) < 4.78 is 3.28. The van der Waals surface area contributed by atoms with Crippen LogP contribution in [-0.2, 0) is 6.42 Å². The molecule has 0 unspecified atom stereocenters. The Bertz CT molecular complexity index is 1320. The number of carbonyl (C=O) groups excluding carboxylic acids is 1. The molecule has 0 aliphatic carbocycles. The number of carbonyl (C=O) groups is 1. The van der Waals surface area contributed by atoms with Gasteiger partial charge in [0.2, 0.25) is 0 Å². The number of rotatable bonds is 8. The molecule has 0 fully saturated rings. The van der Waals surface area contributed by atoms with Crippen LogP contribution in [0.1, 0.15) is 53.5 Å². The zero-order valence-electron chi connectivity index (χ0n) is 19.1. The number of amides is 1. The van der Waals surface area contributed by atoms with Gasteiger partial charge in [0.05, 0.1) is 28.8 Å². The number of nitrogen functional groups attached to an aromatic ring is 1. The smallest absolute Gasteiger partial charge is 0.254 e. The number of nitrogens with two attached hydrogens (primary N) is 1. The summed E-state index contributed by atoms with van der Waals surface area (Å²) in [6.45, 7) is 4.46. The minimum atomic E-state index is -0.194. The number of pyridine rings is 1. The Hall–Kier alpha value is -4.45. The van der Waals surface area contributed by atoms with Crippen molar-refractivity contribution in [2.24, 2.45) is 0 Å². The Morgan fingerprint density at radius 3 is 2.59 bits per heavy atom. The maximum atomic E-state index is 12.9. The van der Waals surface area contributed by atoms with Gasteiger partial charge in [0, 0.05) is 12.7 Å². The van der Waals surface area contributed by atoms with E-state index in [9.17, 15) is 10.1 Å². The SMILES string of the molecule is CC(C)c1c(C(=O)NCCCc2nn(-c3ccccc3)c(N)c2C#N)cnn1-c1ccccn1. The van der Waals surface area contributed by atoms with Crippen LogP contribution in [-0.4, -0.2) is 37.0 Å². The number of aryl methyl sites for hydroxylation is 1. The van der Waals surface area contributed by atoms with Crippen LogP contribution in [0.4, 0.5) is 5.82 Å². The normalized spacial score (nSPS) is 10.9. The van der Waals surface area contributed by atoms with Crippen molar-refractivity contribution >= 4 is 11.7 Å². The summed E-state index contributed by atoms with van der Waals surface area (Å²) in [6, 6.07) is 17.2. The lowest BCUT2D eigenvalue weighted by Gasteiger charge is -2.12. The molecule has 1 aromatic carbocycles. The number of benzene rings is 1. The average Bonchev–Trinajstić information content (AvgIpc) is 3.44. The Balaban J connectivity index is 1.43. The number of aromatic nitrogens is 5. The van der Waals surface area contributed by atoms with E-state index in [0.717, 1.165) is 11.4 Å². The topological polar surface area (TPSA) is 127 Å². The molecular weight excluding hydrogens is 428 g/mol. The van der Waals surface area contributed by atoms with Gasteiger partial charge in [0.15, 0.2) is 5.82 Å². The predicted octanol–water partition coefficient (Wildman–Crippen LogP) is 3.39. The summed E-state index contributed by atoms with van der Waals surface area (Å²) in [4.78, 5) is 17.3. The molecule has 0 spiro atoms. The highest BCUT2D eigenvalue weighted by atomic mass is 16.1. The zero-order chi connectivity index (χ0) is 24.1. The van der Waals surface area contributed by atoms with Gasteiger partial charge >= 0.3 is 0 Å². The summed E-state index contributed by atoms with van der Waals surface area (Å²) in [5.74, 6) is 0.867. The number of hydrogen-bond donors (Lipinski definition) is 2. The first kappa shape index (κ1) is 22.7. The minimum absolute atomic E-state index is 0.0772. The van der Waals surface area contributed by atoms with Crippen LogP contribution in [0.25, 0.3) is 11.5 Å². The second-order valence-electron chi connectivity index (χ2n) is 8.12. The van der Waals surface area contributed by atoms with E-state index < -0.39 is 0 Å². The van der Waals surface area contributed by atoms with E-state index in [0.29, 0.717) is 47.8 Å². The molecule has 0 aliphatic heterocycles. The first-order chi connectivity index (χ1) is 16.5. The highest BCUT2D eigenvalue weighted by molar-refractivity contribution is 5.95. The quantitative estimate of drug-likeness (QED) is 0.393. The maximum Gasteiger partial charge on any atom is 0.254 e. The first-order valence-electron chi connectivity index (χ1n) is 11.1. The summed E-state index contributed by atoms with van der Waals surface area (Å²) in [5.41, 5.74) is 9.27. The van der Waals surface area contributed by atoms with Crippen LogP contribution in [0, 0.1) is 11.3 Å². The van der Waals surface area contributed by atoms with Crippen LogP contribution in [0.3, 0.4) is 0 Å². The fraction of sp³-hybridized carbons (Fsp3) is 0.240. The highest BCUT2D eigenvalue weighted by Crippen LogP contribution is 2.23. The molecule has 0 saturated heterocycles. The lowest BCUT2D eigenvalue weighted by molar-refractivity contribution is 0.0952. The molecule has 0 saturated carbocycles. The van der Waals surface area contributed by atoms with Crippen molar-refractivity contribution in [3.63, 3.8) is 0 Å². The van der Waals surface area contributed by atoms with Crippen LogP contribution in [0.15, 0.2) is 60.9 Å². The van der Waals surface area contributed by atoms with Gasteiger partial charge in [-0.25, -0.2) is 14.3 Å². The molecule has 0 atom stereocenters. The van der Waals surface area contributed by atoms with E-state index in [-0.39, 0.29) is 11.8 Å². The van der Waals surface area contributed by atoms with Gasteiger partial charge in [-0.2, -0.15) is 15.5 Å². The van der Waals surface area contributed by atoms with E-state index in [1.54, 1.807) is 21.8 Å². The lowest BCUT2D eigenvalue weighted by Crippen LogP contribution is -2.26. The molecule has 34 heavy (non-hydrogen) atoms. The molecule has 3 N–H and O–H groups in total. The Morgan fingerprint density at radius 1 is 1.15 bits per heavy atom. The highest BCUT2D eigenvalue weighted by Gasteiger charge is 2.21. The second kappa shape index (κ2) is 10.0. The third-order valence-electron chi connectivity index (χ3n) is 5.45. The Morgan fingerprint density at radius 2 is 1.91 bits per heavy atom.